The molecule has 0 bridgehead atoms. The molecule has 1 N–H and O–H groups in total. The molecule has 1 saturated carbocycles. The number of carbonyl (C=O) groups excluding carboxylic acids is 1. The molecule has 8 heteroatoms. The lowest BCUT2D eigenvalue weighted by Crippen LogP contribution is -2.37. The quantitative estimate of drug-likeness (QED) is 0.756. The van der Waals surface area contributed by atoms with Crippen molar-refractivity contribution >= 4 is 28.9 Å². The molecular formula is C21H20ClF3N2O2. The van der Waals surface area contributed by atoms with Crippen LogP contribution in [0.3, 0.4) is 0 Å². The number of carbonyl (C=O) groups is 1. The summed E-state index contributed by atoms with van der Waals surface area (Å²) >= 11 is 6.38. The number of para-hydroxylation sites is 1. The number of ether oxygens (including phenoxy) is 1. The van der Waals surface area contributed by atoms with Crippen molar-refractivity contribution in [1.29, 1.82) is 0 Å². The van der Waals surface area contributed by atoms with Gasteiger partial charge >= 0.3 is 6.18 Å². The molecule has 1 saturated heterocycles. The van der Waals surface area contributed by atoms with Gasteiger partial charge in [-0.05, 0) is 36.1 Å². The van der Waals surface area contributed by atoms with E-state index in [1.54, 1.807) is 24.3 Å². The molecule has 154 valence electrons. The summed E-state index contributed by atoms with van der Waals surface area (Å²) in [6.45, 7) is 2.43. The minimum Gasteiger partial charge on any atom is -0.378 e. The molecule has 2 atom stereocenters. The number of nitrogens with one attached hydrogen (secondary N) is 1. The maximum absolute atomic E-state index is 13.3. The molecule has 2 unspecified atom stereocenters. The zero-order valence-electron chi connectivity index (χ0n) is 15.5. The minimum absolute atomic E-state index is 0.180. The lowest BCUT2D eigenvalue weighted by atomic mass is 10.0. The lowest BCUT2D eigenvalue weighted by Gasteiger charge is -2.31. The number of halogens is 4. The Kier molecular flexibility index (Phi) is 5.44. The summed E-state index contributed by atoms with van der Waals surface area (Å²) in [4.78, 5) is 14.8. The van der Waals surface area contributed by atoms with Crippen LogP contribution in [0.2, 0.25) is 5.02 Å². The van der Waals surface area contributed by atoms with E-state index in [-0.39, 0.29) is 11.5 Å². The van der Waals surface area contributed by atoms with E-state index in [0.717, 1.165) is 11.8 Å². The van der Waals surface area contributed by atoms with Crippen molar-refractivity contribution in [3.63, 3.8) is 0 Å². The largest absolute Gasteiger partial charge is 0.416 e. The second kappa shape index (κ2) is 7.88. The zero-order chi connectivity index (χ0) is 20.6. The Hall–Kier alpha value is -2.25. The van der Waals surface area contributed by atoms with Gasteiger partial charge in [-0.1, -0.05) is 35.9 Å². The van der Waals surface area contributed by atoms with Gasteiger partial charge in [0.2, 0.25) is 5.91 Å². The molecule has 29 heavy (non-hydrogen) atoms. The molecule has 2 fully saturated rings. The van der Waals surface area contributed by atoms with E-state index in [9.17, 15) is 18.0 Å². The third-order valence-corrected chi connectivity index (χ3v) is 5.67. The van der Waals surface area contributed by atoms with Gasteiger partial charge in [-0.15, -0.1) is 0 Å². The van der Waals surface area contributed by atoms with Crippen molar-refractivity contribution in [2.75, 3.05) is 36.5 Å². The van der Waals surface area contributed by atoms with Crippen molar-refractivity contribution in [3.05, 3.63) is 58.6 Å². The number of benzene rings is 2. The number of nitrogens with zero attached hydrogens (tertiary/aromatic N) is 1. The van der Waals surface area contributed by atoms with Crippen LogP contribution in [0, 0.1) is 5.92 Å². The molecule has 1 aliphatic heterocycles. The number of rotatable bonds is 4. The monoisotopic (exact) mass is 424 g/mol. The van der Waals surface area contributed by atoms with E-state index in [1.807, 2.05) is 4.90 Å². The van der Waals surface area contributed by atoms with Gasteiger partial charge in [0.15, 0.2) is 0 Å². The van der Waals surface area contributed by atoms with Gasteiger partial charge in [0.1, 0.15) is 0 Å². The van der Waals surface area contributed by atoms with E-state index in [4.69, 9.17) is 16.3 Å². The molecule has 4 rings (SSSR count). The highest BCUT2D eigenvalue weighted by Crippen LogP contribution is 2.51. The number of alkyl halides is 3. The second-order valence-electron chi connectivity index (χ2n) is 7.26. The molecule has 1 heterocycles. The SMILES string of the molecule is O=C(Nc1cccc(Cl)c1N1CCOCC1)C1CC1c1ccccc1C(F)(F)F. The molecule has 0 spiro atoms. The summed E-state index contributed by atoms with van der Waals surface area (Å²) in [7, 11) is 0. The molecule has 1 amide bonds. The van der Waals surface area contributed by atoms with Crippen LogP contribution in [0.15, 0.2) is 42.5 Å². The highest BCUT2D eigenvalue weighted by Gasteiger charge is 2.48. The molecular weight excluding hydrogens is 405 g/mol. The van der Waals surface area contributed by atoms with Crippen LogP contribution in [-0.2, 0) is 15.7 Å². The first-order valence-electron chi connectivity index (χ1n) is 9.44. The van der Waals surface area contributed by atoms with Crippen LogP contribution in [0.25, 0.3) is 0 Å². The summed E-state index contributed by atoms with van der Waals surface area (Å²) in [5.41, 5.74) is 0.801. The van der Waals surface area contributed by atoms with Crippen molar-refractivity contribution < 1.29 is 22.7 Å². The second-order valence-corrected chi connectivity index (χ2v) is 7.67. The van der Waals surface area contributed by atoms with Gasteiger partial charge in [0, 0.05) is 19.0 Å². The number of amides is 1. The van der Waals surface area contributed by atoms with Crippen molar-refractivity contribution in [3.8, 4) is 0 Å². The fourth-order valence-electron chi connectivity index (χ4n) is 3.86. The molecule has 1 aliphatic carbocycles. The van der Waals surface area contributed by atoms with Gasteiger partial charge in [0.25, 0.3) is 0 Å². The Bertz CT molecular complexity index is 913. The predicted octanol–water partition coefficient (Wildman–Crippen LogP) is 4.94. The van der Waals surface area contributed by atoms with Gasteiger partial charge < -0.3 is 15.0 Å². The lowest BCUT2D eigenvalue weighted by molar-refractivity contribution is -0.138. The summed E-state index contributed by atoms with van der Waals surface area (Å²) in [6.07, 6.45) is -4.04. The van der Waals surface area contributed by atoms with Gasteiger partial charge in [0.05, 0.1) is 35.2 Å². The van der Waals surface area contributed by atoms with E-state index < -0.39 is 23.6 Å². The Morgan fingerprint density at radius 1 is 1.10 bits per heavy atom. The average molecular weight is 425 g/mol. The number of anilines is 2. The standard InChI is InChI=1S/C21H20ClF3N2O2/c22-17-6-3-7-18(19(17)27-8-10-29-11-9-27)26-20(28)15-12-14(15)13-4-1-2-5-16(13)21(23,24)25/h1-7,14-15H,8-12H2,(H,26,28). The van der Waals surface area contributed by atoms with E-state index in [1.165, 1.54) is 12.1 Å². The minimum atomic E-state index is -4.43. The first-order valence-corrected chi connectivity index (χ1v) is 9.82. The van der Waals surface area contributed by atoms with E-state index >= 15 is 0 Å². The summed E-state index contributed by atoms with van der Waals surface area (Å²) in [6, 6.07) is 10.7. The number of morpholine rings is 1. The molecule has 2 aromatic rings. The normalized spacial score (nSPS) is 21.7. The smallest absolute Gasteiger partial charge is 0.378 e. The highest BCUT2D eigenvalue weighted by molar-refractivity contribution is 6.34. The predicted molar refractivity (Wildman–Crippen MR) is 105 cm³/mol. The van der Waals surface area contributed by atoms with Gasteiger partial charge in [-0.25, -0.2) is 0 Å². The third-order valence-electron chi connectivity index (χ3n) is 5.36. The molecule has 4 nitrogen and oxygen atoms in total. The van der Waals surface area contributed by atoms with Gasteiger partial charge in [-0.3, -0.25) is 4.79 Å². The van der Waals surface area contributed by atoms with Gasteiger partial charge in [-0.2, -0.15) is 13.2 Å². The molecule has 0 radical (unpaired) electrons. The molecule has 2 aromatic carbocycles. The Morgan fingerprint density at radius 3 is 2.55 bits per heavy atom. The van der Waals surface area contributed by atoms with Crippen molar-refractivity contribution in [2.45, 2.75) is 18.5 Å². The topological polar surface area (TPSA) is 41.6 Å². The molecule has 0 aromatic heterocycles. The highest BCUT2D eigenvalue weighted by atomic mass is 35.5. The summed E-state index contributed by atoms with van der Waals surface area (Å²) in [5, 5.41) is 3.39. The van der Waals surface area contributed by atoms with Crippen molar-refractivity contribution in [1.82, 2.24) is 0 Å². The van der Waals surface area contributed by atoms with E-state index in [2.05, 4.69) is 5.32 Å². The maximum Gasteiger partial charge on any atom is 0.416 e. The fourth-order valence-corrected chi connectivity index (χ4v) is 4.15. The third kappa shape index (κ3) is 4.21. The van der Waals surface area contributed by atoms with Crippen LogP contribution in [0.5, 0.6) is 0 Å². The summed E-state index contributed by atoms with van der Waals surface area (Å²) < 4.78 is 45.2. The van der Waals surface area contributed by atoms with Crippen molar-refractivity contribution in [2.24, 2.45) is 5.92 Å². The van der Waals surface area contributed by atoms with Crippen LogP contribution in [0.4, 0.5) is 24.5 Å². The fraction of sp³-hybridized carbons (Fsp3) is 0.381. The maximum atomic E-state index is 13.3. The first-order chi connectivity index (χ1) is 13.9. The number of hydrogen-bond acceptors (Lipinski definition) is 3. The molecule has 2 aliphatic rings. The van der Waals surface area contributed by atoms with Crippen LogP contribution in [-0.4, -0.2) is 32.2 Å². The average Bonchev–Trinajstić information content (AvgIpc) is 3.49. The van der Waals surface area contributed by atoms with Crippen LogP contribution < -0.4 is 10.2 Å². The first kappa shape index (κ1) is 20.0. The van der Waals surface area contributed by atoms with Crippen LogP contribution in [0.1, 0.15) is 23.5 Å². The summed E-state index contributed by atoms with van der Waals surface area (Å²) in [5.74, 6) is -1.21. The van der Waals surface area contributed by atoms with E-state index in [0.29, 0.717) is 43.4 Å². The number of hydrogen-bond donors (Lipinski definition) is 1. The Morgan fingerprint density at radius 2 is 1.83 bits per heavy atom. The zero-order valence-corrected chi connectivity index (χ0v) is 16.3. The Balaban J connectivity index is 1.52. The van der Waals surface area contributed by atoms with Crippen LogP contribution >= 0.6 is 11.6 Å². The Labute approximate surface area is 171 Å².